The van der Waals surface area contributed by atoms with Crippen molar-refractivity contribution < 1.29 is 19.1 Å². The summed E-state index contributed by atoms with van der Waals surface area (Å²) in [5.74, 6) is -1.72. The van der Waals surface area contributed by atoms with E-state index in [-0.39, 0.29) is 17.1 Å². The first-order chi connectivity index (χ1) is 11.0. The highest BCUT2D eigenvalue weighted by atomic mass is 32.2. The Balaban J connectivity index is 3.51. The van der Waals surface area contributed by atoms with Crippen molar-refractivity contribution in [3.63, 3.8) is 0 Å². The minimum absolute atomic E-state index is 0.0362. The number of carbonyl (C=O) groups excluding carboxylic acids is 2. The van der Waals surface area contributed by atoms with E-state index in [1.54, 1.807) is 6.26 Å². The lowest BCUT2D eigenvalue weighted by molar-refractivity contribution is -0.136. The number of methoxy groups -OCH3 is 2. The van der Waals surface area contributed by atoms with Crippen LogP contribution in [0.4, 0.5) is 0 Å². The summed E-state index contributed by atoms with van der Waals surface area (Å²) in [6, 6.07) is 3.79. The summed E-state index contributed by atoms with van der Waals surface area (Å²) in [4.78, 5) is 24.2. The van der Waals surface area contributed by atoms with Crippen molar-refractivity contribution in [3.8, 4) is 12.1 Å². The van der Waals surface area contributed by atoms with Gasteiger partial charge < -0.3 is 9.47 Å². The molecule has 1 aliphatic rings. The van der Waals surface area contributed by atoms with Crippen LogP contribution in [-0.4, -0.2) is 32.4 Å². The minimum Gasteiger partial charge on any atom is -0.465 e. The molecular formula is C16H18N2O4S. The molecule has 0 amide bonds. The predicted octanol–water partition coefficient (Wildman–Crippen LogP) is 2.48. The van der Waals surface area contributed by atoms with Gasteiger partial charge in [-0.3, -0.25) is 0 Å². The van der Waals surface area contributed by atoms with E-state index >= 15 is 0 Å². The van der Waals surface area contributed by atoms with Crippen molar-refractivity contribution in [3.05, 3.63) is 21.6 Å². The molecule has 122 valence electrons. The lowest BCUT2D eigenvalue weighted by Crippen LogP contribution is -2.20. The molecule has 1 rings (SSSR count). The van der Waals surface area contributed by atoms with Crippen LogP contribution in [0.3, 0.4) is 0 Å². The predicted molar refractivity (Wildman–Crippen MR) is 84.8 cm³/mol. The molecule has 1 aliphatic carbocycles. The summed E-state index contributed by atoms with van der Waals surface area (Å²) in [7, 11) is 2.43. The molecule has 6 nitrogen and oxygen atoms in total. The van der Waals surface area contributed by atoms with E-state index in [4.69, 9.17) is 0 Å². The Bertz CT molecular complexity index is 593. The van der Waals surface area contributed by atoms with Crippen molar-refractivity contribution in [1.82, 2.24) is 0 Å². The van der Waals surface area contributed by atoms with E-state index < -0.39 is 11.9 Å². The zero-order valence-electron chi connectivity index (χ0n) is 13.3. The smallest absolute Gasteiger partial charge is 0.349 e. The molecule has 0 aliphatic heterocycles. The molecule has 0 aromatic heterocycles. The van der Waals surface area contributed by atoms with Crippen LogP contribution in [-0.2, 0) is 19.1 Å². The van der Waals surface area contributed by atoms with Gasteiger partial charge in [-0.1, -0.05) is 6.42 Å². The van der Waals surface area contributed by atoms with E-state index in [1.165, 1.54) is 26.0 Å². The minimum atomic E-state index is -0.710. The van der Waals surface area contributed by atoms with Gasteiger partial charge in [0.15, 0.2) is 0 Å². The van der Waals surface area contributed by atoms with Gasteiger partial charge in [-0.15, -0.1) is 11.8 Å². The lowest BCUT2D eigenvalue weighted by Gasteiger charge is -2.28. The fraction of sp³-hybridized carbons (Fsp3) is 0.500. The monoisotopic (exact) mass is 334 g/mol. The van der Waals surface area contributed by atoms with Gasteiger partial charge in [0, 0.05) is 10.8 Å². The molecule has 1 unspecified atom stereocenters. The number of ether oxygens (including phenoxy) is 2. The number of nitriles is 2. The van der Waals surface area contributed by atoms with Crippen LogP contribution in [0.25, 0.3) is 0 Å². The van der Waals surface area contributed by atoms with Crippen molar-refractivity contribution in [2.24, 2.45) is 5.92 Å². The molecule has 0 saturated heterocycles. The molecule has 0 aromatic carbocycles. The Morgan fingerprint density at radius 2 is 1.78 bits per heavy atom. The van der Waals surface area contributed by atoms with Gasteiger partial charge in [-0.2, -0.15) is 10.5 Å². The Labute approximate surface area is 139 Å². The van der Waals surface area contributed by atoms with Crippen LogP contribution in [0.15, 0.2) is 21.6 Å². The van der Waals surface area contributed by atoms with Gasteiger partial charge in [0.05, 0.1) is 14.2 Å². The van der Waals surface area contributed by atoms with E-state index in [1.807, 2.05) is 12.1 Å². The van der Waals surface area contributed by atoms with E-state index in [0.29, 0.717) is 23.3 Å². The molecule has 1 atom stereocenters. The largest absolute Gasteiger partial charge is 0.465 e. The summed E-state index contributed by atoms with van der Waals surface area (Å²) >= 11 is 1.26. The average Bonchev–Trinajstić information content (AvgIpc) is 2.59. The van der Waals surface area contributed by atoms with Crippen molar-refractivity contribution in [2.75, 3.05) is 20.5 Å². The van der Waals surface area contributed by atoms with Gasteiger partial charge in [-0.25, -0.2) is 9.59 Å². The first-order valence-electron chi connectivity index (χ1n) is 7.03. The van der Waals surface area contributed by atoms with Gasteiger partial charge in [-0.05, 0) is 31.1 Å². The molecule has 0 N–H and O–H groups in total. The number of thioether (sulfide) groups is 1. The quantitative estimate of drug-likeness (QED) is 0.442. The third kappa shape index (κ3) is 4.14. The average molecular weight is 334 g/mol. The first kappa shape index (κ1) is 18.8. The van der Waals surface area contributed by atoms with Gasteiger partial charge in [0.2, 0.25) is 0 Å². The van der Waals surface area contributed by atoms with Crippen LogP contribution in [0.2, 0.25) is 0 Å². The van der Waals surface area contributed by atoms with E-state index in [0.717, 1.165) is 12.8 Å². The third-order valence-corrected chi connectivity index (χ3v) is 4.64. The Kier molecular flexibility index (Phi) is 7.37. The van der Waals surface area contributed by atoms with Gasteiger partial charge in [0.25, 0.3) is 0 Å². The summed E-state index contributed by atoms with van der Waals surface area (Å²) in [5, 5.41) is 18.6. The van der Waals surface area contributed by atoms with Crippen LogP contribution >= 0.6 is 11.8 Å². The molecule has 7 heteroatoms. The zero-order chi connectivity index (χ0) is 17.4. The molecular weight excluding hydrogens is 316 g/mol. The molecule has 0 radical (unpaired) electrons. The Morgan fingerprint density at radius 1 is 1.13 bits per heavy atom. The number of esters is 2. The zero-order valence-corrected chi connectivity index (χ0v) is 14.2. The SMILES string of the molecule is COC(=O)/C(C#N)=C1\CCCCC1/C(SC)=C(/C#N)C(=O)OC. The fourth-order valence-corrected chi connectivity index (χ4v) is 3.55. The molecule has 0 aromatic rings. The van der Waals surface area contributed by atoms with Crippen molar-refractivity contribution in [2.45, 2.75) is 25.7 Å². The molecule has 23 heavy (non-hydrogen) atoms. The number of rotatable bonds is 4. The number of hydrogen-bond acceptors (Lipinski definition) is 7. The molecule has 0 bridgehead atoms. The standard InChI is InChI=1S/C16H18N2O4S/c1-21-15(19)12(8-17)10-6-4-5-7-11(10)14(23-3)13(9-18)16(20)22-2/h11H,4-7H2,1-3H3/b12-10+,14-13+. The van der Waals surface area contributed by atoms with Gasteiger partial charge in [0.1, 0.15) is 23.3 Å². The molecule has 1 fully saturated rings. The normalized spacial score (nSPS) is 20.5. The number of allylic oxidation sites excluding steroid dienone is 2. The van der Waals surface area contributed by atoms with Crippen LogP contribution in [0.1, 0.15) is 25.7 Å². The fourth-order valence-electron chi connectivity index (χ4n) is 2.67. The summed E-state index contributed by atoms with van der Waals surface area (Å²) < 4.78 is 9.34. The summed E-state index contributed by atoms with van der Waals surface area (Å²) in [6.07, 6.45) is 4.71. The van der Waals surface area contributed by atoms with Crippen molar-refractivity contribution in [1.29, 1.82) is 10.5 Å². The van der Waals surface area contributed by atoms with Crippen molar-refractivity contribution >= 4 is 23.7 Å². The summed E-state index contributed by atoms with van der Waals surface area (Å²) in [5.41, 5.74) is 0.518. The third-order valence-electron chi connectivity index (χ3n) is 3.72. The molecule has 1 saturated carbocycles. The van der Waals surface area contributed by atoms with Crippen LogP contribution in [0.5, 0.6) is 0 Å². The first-order valence-corrected chi connectivity index (χ1v) is 8.26. The second-order valence-corrected chi connectivity index (χ2v) is 5.70. The van der Waals surface area contributed by atoms with Crippen LogP contribution < -0.4 is 0 Å². The second-order valence-electron chi connectivity index (χ2n) is 4.85. The maximum Gasteiger partial charge on any atom is 0.349 e. The topological polar surface area (TPSA) is 100 Å². The number of carbonyl (C=O) groups is 2. The maximum absolute atomic E-state index is 11.8. The second kappa shape index (κ2) is 9.02. The highest BCUT2D eigenvalue weighted by Gasteiger charge is 2.31. The Morgan fingerprint density at radius 3 is 2.26 bits per heavy atom. The highest BCUT2D eigenvalue weighted by molar-refractivity contribution is 8.02. The number of nitrogens with zero attached hydrogens (tertiary/aromatic N) is 2. The Hall–Kier alpha value is -2.25. The molecule has 0 spiro atoms. The number of hydrogen-bond donors (Lipinski definition) is 0. The van der Waals surface area contributed by atoms with Gasteiger partial charge >= 0.3 is 11.9 Å². The maximum atomic E-state index is 11.8. The molecule has 0 heterocycles. The summed E-state index contributed by atoms with van der Waals surface area (Å²) in [6.45, 7) is 0. The van der Waals surface area contributed by atoms with E-state index in [9.17, 15) is 20.1 Å². The highest BCUT2D eigenvalue weighted by Crippen LogP contribution is 2.41. The van der Waals surface area contributed by atoms with E-state index in [2.05, 4.69) is 9.47 Å². The lowest BCUT2D eigenvalue weighted by atomic mass is 9.80. The van der Waals surface area contributed by atoms with Crippen LogP contribution in [0, 0.1) is 28.6 Å².